The molecule has 28 heavy (non-hydrogen) atoms. The first-order chi connectivity index (χ1) is 13.0. The summed E-state index contributed by atoms with van der Waals surface area (Å²) >= 11 is 1.09. The largest absolute Gasteiger partial charge is 0.345 e. The van der Waals surface area contributed by atoms with E-state index >= 15 is 0 Å². The molecule has 7 nitrogen and oxygen atoms in total. The predicted octanol–water partition coefficient (Wildman–Crippen LogP) is 2.96. The first kappa shape index (κ1) is 21.7. The van der Waals surface area contributed by atoms with E-state index in [1.807, 2.05) is 6.07 Å². The fourth-order valence-electron chi connectivity index (χ4n) is 2.98. The minimum absolute atomic E-state index is 0.204. The van der Waals surface area contributed by atoms with Crippen molar-refractivity contribution < 1.29 is 14.4 Å². The molecule has 0 saturated carbocycles. The van der Waals surface area contributed by atoms with Gasteiger partial charge < -0.3 is 15.2 Å². The third-order valence-corrected chi connectivity index (χ3v) is 4.82. The van der Waals surface area contributed by atoms with Crippen LogP contribution in [0.2, 0.25) is 0 Å². The van der Waals surface area contributed by atoms with Gasteiger partial charge in [-0.25, -0.2) is 0 Å². The standard InChI is InChI=1S/C20H26N4O3S/c1-11-15(18(26)22-13-8-7-9-14(10-13)28-21)12(2)24(6)16(11)17(25)19(27)23-20(3,4)5/h7-10H,21H2,1-6H3,(H,22,26)(H,23,27). The highest BCUT2D eigenvalue weighted by molar-refractivity contribution is 7.97. The van der Waals surface area contributed by atoms with E-state index in [4.69, 9.17) is 5.14 Å². The van der Waals surface area contributed by atoms with Crippen molar-refractivity contribution in [2.24, 2.45) is 12.2 Å². The van der Waals surface area contributed by atoms with Gasteiger partial charge in [-0.15, -0.1) is 0 Å². The number of aromatic nitrogens is 1. The molecule has 0 aliphatic carbocycles. The number of Topliss-reactive ketones (excluding diaryl/α,β-unsaturated/α-hetero) is 1. The van der Waals surface area contributed by atoms with Crippen molar-refractivity contribution in [2.75, 3.05) is 5.32 Å². The lowest BCUT2D eigenvalue weighted by molar-refractivity contribution is -0.118. The molecule has 0 radical (unpaired) electrons. The average Bonchev–Trinajstić information content (AvgIpc) is 2.82. The van der Waals surface area contributed by atoms with E-state index in [2.05, 4.69) is 10.6 Å². The summed E-state index contributed by atoms with van der Waals surface area (Å²) in [4.78, 5) is 38.7. The maximum absolute atomic E-state index is 12.9. The number of carbonyl (C=O) groups excluding carboxylic acids is 3. The van der Waals surface area contributed by atoms with Gasteiger partial charge in [-0.3, -0.25) is 19.5 Å². The second-order valence-corrected chi connectivity index (χ2v) is 8.33. The van der Waals surface area contributed by atoms with Gasteiger partial charge in [0.1, 0.15) is 0 Å². The van der Waals surface area contributed by atoms with E-state index in [0.717, 1.165) is 16.8 Å². The van der Waals surface area contributed by atoms with E-state index in [-0.39, 0.29) is 11.6 Å². The summed E-state index contributed by atoms with van der Waals surface area (Å²) in [5.74, 6) is -1.71. The molecule has 0 atom stereocenters. The summed E-state index contributed by atoms with van der Waals surface area (Å²) in [6.07, 6.45) is 0. The zero-order valence-electron chi connectivity index (χ0n) is 17.0. The second-order valence-electron chi connectivity index (χ2n) is 7.63. The number of nitrogens with two attached hydrogens (primary N) is 1. The van der Waals surface area contributed by atoms with Crippen LogP contribution in [0.5, 0.6) is 0 Å². The molecule has 0 fully saturated rings. The van der Waals surface area contributed by atoms with Crippen LogP contribution in [0.4, 0.5) is 5.69 Å². The number of benzene rings is 1. The highest BCUT2D eigenvalue weighted by atomic mass is 32.2. The van der Waals surface area contributed by atoms with Gasteiger partial charge in [0.15, 0.2) is 0 Å². The molecule has 4 N–H and O–H groups in total. The van der Waals surface area contributed by atoms with Crippen molar-refractivity contribution in [1.29, 1.82) is 0 Å². The third-order valence-electron chi connectivity index (χ3n) is 4.30. The van der Waals surface area contributed by atoms with Crippen LogP contribution < -0.4 is 15.8 Å². The van der Waals surface area contributed by atoms with Gasteiger partial charge in [0.25, 0.3) is 17.6 Å². The molecule has 0 bridgehead atoms. The lowest BCUT2D eigenvalue weighted by atomic mass is 10.1. The average molecular weight is 403 g/mol. The summed E-state index contributed by atoms with van der Waals surface area (Å²) in [6.45, 7) is 8.81. The molecular formula is C20H26N4O3S. The topological polar surface area (TPSA) is 106 Å². The van der Waals surface area contributed by atoms with E-state index in [1.54, 1.807) is 64.4 Å². The number of nitrogens with one attached hydrogen (secondary N) is 2. The van der Waals surface area contributed by atoms with Crippen LogP contribution in [0.15, 0.2) is 29.2 Å². The van der Waals surface area contributed by atoms with Gasteiger partial charge >= 0.3 is 0 Å². The fourth-order valence-corrected chi connectivity index (χ4v) is 3.33. The molecular weight excluding hydrogens is 376 g/mol. The van der Waals surface area contributed by atoms with E-state index < -0.39 is 17.2 Å². The number of ketones is 1. The van der Waals surface area contributed by atoms with E-state index in [1.165, 1.54) is 0 Å². The minimum atomic E-state index is -0.698. The van der Waals surface area contributed by atoms with Crippen LogP contribution in [0.1, 0.15) is 52.9 Å². The van der Waals surface area contributed by atoms with Crippen molar-refractivity contribution in [3.8, 4) is 0 Å². The number of anilines is 1. The Balaban J connectivity index is 2.36. The molecule has 0 aliphatic heterocycles. The molecule has 2 amide bonds. The van der Waals surface area contributed by atoms with Crippen LogP contribution in [0.25, 0.3) is 0 Å². The van der Waals surface area contributed by atoms with Crippen molar-refractivity contribution in [2.45, 2.75) is 45.1 Å². The van der Waals surface area contributed by atoms with Crippen LogP contribution >= 0.6 is 11.9 Å². The Morgan fingerprint density at radius 3 is 2.36 bits per heavy atom. The molecule has 1 aromatic heterocycles. The second kappa shape index (κ2) is 8.20. The molecule has 0 unspecified atom stereocenters. The van der Waals surface area contributed by atoms with Crippen molar-refractivity contribution in [3.05, 3.63) is 46.8 Å². The Morgan fingerprint density at radius 2 is 1.79 bits per heavy atom. The van der Waals surface area contributed by atoms with E-state index in [9.17, 15) is 14.4 Å². The van der Waals surface area contributed by atoms with Crippen LogP contribution in [-0.2, 0) is 11.8 Å². The Bertz CT molecular complexity index is 942. The zero-order chi connectivity index (χ0) is 21.2. The van der Waals surface area contributed by atoms with Gasteiger partial charge in [-0.05, 0) is 70.3 Å². The number of rotatable bonds is 5. The van der Waals surface area contributed by atoms with Crippen molar-refractivity contribution in [3.63, 3.8) is 0 Å². The normalized spacial score (nSPS) is 11.2. The van der Waals surface area contributed by atoms with Gasteiger partial charge in [0.05, 0.1) is 11.3 Å². The SMILES string of the molecule is Cc1c(C(=O)Nc2cccc(SN)c2)c(C)n(C)c1C(=O)C(=O)NC(C)(C)C. The van der Waals surface area contributed by atoms with Gasteiger partial charge in [0, 0.05) is 28.9 Å². The molecule has 2 aromatic rings. The summed E-state index contributed by atoms with van der Waals surface area (Å²) in [5, 5.41) is 11.1. The van der Waals surface area contributed by atoms with Crippen LogP contribution in [-0.4, -0.2) is 27.7 Å². The maximum Gasteiger partial charge on any atom is 0.294 e. The van der Waals surface area contributed by atoms with Gasteiger partial charge in [-0.1, -0.05) is 6.07 Å². The minimum Gasteiger partial charge on any atom is -0.345 e. The van der Waals surface area contributed by atoms with Crippen molar-refractivity contribution in [1.82, 2.24) is 9.88 Å². The highest BCUT2D eigenvalue weighted by Gasteiger charge is 2.30. The lowest BCUT2D eigenvalue weighted by Gasteiger charge is -2.20. The number of hydrogen-bond acceptors (Lipinski definition) is 5. The number of carbonyl (C=O) groups is 3. The van der Waals surface area contributed by atoms with Crippen LogP contribution in [0.3, 0.4) is 0 Å². The van der Waals surface area contributed by atoms with Crippen LogP contribution in [0, 0.1) is 13.8 Å². The smallest absolute Gasteiger partial charge is 0.294 e. The van der Waals surface area contributed by atoms with Gasteiger partial charge in [-0.2, -0.15) is 0 Å². The molecule has 150 valence electrons. The number of nitrogens with zero attached hydrogens (tertiary/aromatic N) is 1. The first-order valence-corrected chi connectivity index (χ1v) is 9.65. The monoisotopic (exact) mass is 402 g/mol. The Labute approximate surface area is 169 Å². The molecule has 0 spiro atoms. The Kier molecular flexibility index (Phi) is 6.36. The molecule has 2 rings (SSSR count). The molecule has 0 saturated heterocycles. The lowest BCUT2D eigenvalue weighted by Crippen LogP contribution is -2.44. The molecule has 0 aliphatic rings. The Morgan fingerprint density at radius 1 is 1.14 bits per heavy atom. The molecule has 1 aromatic carbocycles. The number of amides is 2. The highest BCUT2D eigenvalue weighted by Crippen LogP contribution is 2.24. The predicted molar refractivity (Wildman–Crippen MR) is 112 cm³/mol. The van der Waals surface area contributed by atoms with E-state index in [0.29, 0.717) is 22.5 Å². The Hall–Kier alpha value is -2.58. The summed E-state index contributed by atoms with van der Waals surface area (Å²) in [6, 6.07) is 7.15. The number of hydrogen-bond donors (Lipinski definition) is 3. The third kappa shape index (κ3) is 4.63. The maximum atomic E-state index is 12.9. The van der Waals surface area contributed by atoms with Gasteiger partial charge in [0.2, 0.25) is 0 Å². The first-order valence-electron chi connectivity index (χ1n) is 8.77. The quantitative estimate of drug-likeness (QED) is 0.405. The zero-order valence-corrected chi connectivity index (χ0v) is 17.8. The molecule has 8 heteroatoms. The fraction of sp³-hybridized carbons (Fsp3) is 0.350. The summed E-state index contributed by atoms with van der Waals surface area (Å²) in [5.41, 5.74) is 1.71. The van der Waals surface area contributed by atoms with Crippen molar-refractivity contribution >= 4 is 35.2 Å². The molecule has 1 heterocycles. The summed E-state index contributed by atoms with van der Waals surface area (Å²) in [7, 11) is 1.67. The summed E-state index contributed by atoms with van der Waals surface area (Å²) < 4.78 is 1.58.